The lowest BCUT2D eigenvalue weighted by atomic mass is 10.1. The molecule has 1 aliphatic carbocycles. The highest BCUT2D eigenvalue weighted by Crippen LogP contribution is 2.20. The molecule has 1 aromatic rings. The van der Waals surface area contributed by atoms with Gasteiger partial charge in [0, 0.05) is 24.8 Å². The van der Waals surface area contributed by atoms with E-state index in [1.807, 2.05) is 19.4 Å². The first-order valence-electron chi connectivity index (χ1n) is 6.10. The van der Waals surface area contributed by atoms with Crippen LogP contribution in [-0.2, 0) is 18.4 Å². The summed E-state index contributed by atoms with van der Waals surface area (Å²) in [4.78, 5) is 0. The summed E-state index contributed by atoms with van der Waals surface area (Å²) in [7, 11) is 1.92. The van der Waals surface area contributed by atoms with Crippen molar-refractivity contribution >= 4 is 0 Å². The Morgan fingerprint density at radius 2 is 2.25 bits per heavy atom. The summed E-state index contributed by atoms with van der Waals surface area (Å²) in [6.07, 6.45) is 10.0. The number of hydrogen-bond acceptors (Lipinski definition) is 3. The van der Waals surface area contributed by atoms with E-state index in [1.54, 1.807) is 4.68 Å². The van der Waals surface area contributed by atoms with Crippen LogP contribution in [-0.4, -0.2) is 21.9 Å². The van der Waals surface area contributed by atoms with Gasteiger partial charge in [-0.05, 0) is 12.8 Å². The SMILES string of the molecule is Cn1cc(COC2CCCCCC2N)cn1. The van der Waals surface area contributed by atoms with E-state index in [1.165, 1.54) is 19.3 Å². The Labute approximate surface area is 96.8 Å². The Bertz CT molecular complexity index is 324. The van der Waals surface area contributed by atoms with E-state index < -0.39 is 0 Å². The van der Waals surface area contributed by atoms with Crippen LogP contribution in [0.5, 0.6) is 0 Å². The first-order valence-corrected chi connectivity index (χ1v) is 6.10. The van der Waals surface area contributed by atoms with Crippen LogP contribution >= 0.6 is 0 Å². The highest BCUT2D eigenvalue weighted by molar-refractivity contribution is 5.01. The van der Waals surface area contributed by atoms with E-state index in [0.717, 1.165) is 18.4 Å². The quantitative estimate of drug-likeness (QED) is 0.792. The van der Waals surface area contributed by atoms with Gasteiger partial charge in [0.05, 0.1) is 18.9 Å². The minimum atomic E-state index is 0.208. The van der Waals surface area contributed by atoms with Gasteiger partial charge in [-0.1, -0.05) is 19.3 Å². The Morgan fingerprint density at radius 3 is 3.00 bits per heavy atom. The van der Waals surface area contributed by atoms with Crippen molar-refractivity contribution < 1.29 is 4.74 Å². The van der Waals surface area contributed by atoms with Gasteiger partial charge in [-0.3, -0.25) is 4.68 Å². The fourth-order valence-electron chi connectivity index (χ4n) is 2.26. The summed E-state index contributed by atoms with van der Waals surface area (Å²) in [6, 6.07) is 0.208. The fraction of sp³-hybridized carbons (Fsp3) is 0.750. The van der Waals surface area contributed by atoms with Crippen molar-refractivity contribution in [2.24, 2.45) is 12.8 Å². The van der Waals surface area contributed by atoms with Crippen molar-refractivity contribution in [3.8, 4) is 0 Å². The second-order valence-electron chi connectivity index (χ2n) is 4.67. The van der Waals surface area contributed by atoms with Crippen molar-refractivity contribution in [3.05, 3.63) is 18.0 Å². The summed E-state index contributed by atoms with van der Waals surface area (Å²) in [5, 5.41) is 4.12. The van der Waals surface area contributed by atoms with Crippen LogP contribution in [0.2, 0.25) is 0 Å². The van der Waals surface area contributed by atoms with Crippen LogP contribution in [0.1, 0.15) is 37.7 Å². The van der Waals surface area contributed by atoms with Crippen molar-refractivity contribution in [1.29, 1.82) is 0 Å². The van der Waals surface area contributed by atoms with E-state index in [2.05, 4.69) is 5.10 Å². The standard InChI is InChI=1S/C12H21N3O/c1-15-8-10(7-14-15)9-16-12-6-4-2-3-5-11(12)13/h7-8,11-12H,2-6,9,13H2,1H3. The average molecular weight is 223 g/mol. The Morgan fingerprint density at radius 1 is 1.44 bits per heavy atom. The summed E-state index contributed by atoms with van der Waals surface area (Å²) in [6.45, 7) is 0.631. The topological polar surface area (TPSA) is 53.1 Å². The molecule has 2 unspecified atom stereocenters. The van der Waals surface area contributed by atoms with Crippen molar-refractivity contribution in [2.75, 3.05) is 0 Å². The Balaban J connectivity index is 1.83. The van der Waals surface area contributed by atoms with Crippen LogP contribution in [0.15, 0.2) is 12.4 Å². The number of ether oxygens (including phenoxy) is 1. The maximum Gasteiger partial charge on any atom is 0.0752 e. The Hall–Kier alpha value is -0.870. The molecule has 0 saturated heterocycles. The minimum absolute atomic E-state index is 0.208. The summed E-state index contributed by atoms with van der Waals surface area (Å²) >= 11 is 0. The van der Waals surface area contributed by atoms with Gasteiger partial charge < -0.3 is 10.5 Å². The predicted molar refractivity (Wildman–Crippen MR) is 62.8 cm³/mol. The molecule has 2 atom stereocenters. The maximum absolute atomic E-state index is 6.10. The summed E-state index contributed by atoms with van der Waals surface area (Å²) in [5.74, 6) is 0. The monoisotopic (exact) mass is 223 g/mol. The first kappa shape index (κ1) is 11.6. The molecule has 1 aliphatic rings. The molecular formula is C12H21N3O. The second-order valence-corrected chi connectivity index (χ2v) is 4.67. The van der Waals surface area contributed by atoms with E-state index >= 15 is 0 Å². The van der Waals surface area contributed by atoms with Gasteiger partial charge in [-0.25, -0.2) is 0 Å². The van der Waals surface area contributed by atoms with Crippen LogP contribution in [0.4, 0.5) is 0 Å². The minimum Gasteiger partial charge on any atom is -0.372 e. The lowest BCUT2D eigenvalue weighted by molar-refractivity contribution is 0.0194. The normalized spacial score (nSPS) is 26.6. The molecule has 0 spiro atoms. The number of aromatic nitrogens is 2. The van der Waals surface area contributed by atoms with Gasteiger partial charge in [0.1, 0.15) is 0 Å². The molecule has 2 N–H and O–H groups in total. The molecule has 1 heterocycles. The fourth-order valence-corrected chi connectivity index (χ4v) is 2.26. The molecule has 0 amide bonds. The van der Waals surface area contributed by atoms with Gasteiger partial charge in [0.15, 0.2) is 0 Å². The molecule has 4 heteroatoms. The summed E-state index contributed by atoms with van der Waals surface area (Å²) < 4.78 is 7.69. The maximum atomic E-state index is 6.10. The number of nitrogens with two attached hydrogens (primary N) is 1. The lowest BCUT2D eigenvalue weighted by Crippen LogP contribution is -2.35. The van der Waals surface area contributed by atoms with E-state index in [9.17, 15) is 0 Å². The molecule has 0 aromatic carbocycles. The summed E-state index contributed by atoms with van der Waals surface area (Å²) in [5.41, 5.74) is 7.23. The third-order valence-corrected chi connectivity index (χ3v) is 3.23. The molecule has 16 heavy (non-hydrogen) atoms. The van der Waals surface area contributed by atoms with E-state index in [0.29, 0.717) is 6.61 Å². The van der Waals surface area contributed by atoms with Crippen LogP contribution < -0.4 is 5.73 Å². The molecule has 1 saturated carbocycles. The molecule has 2 rings (SSSR count). The average Bonchev–Trinajstić information content (AvgIpc) is 2.56. The number of rotatable bonds is 3. The molecule has 90 valence electrons. The zero-order valence-corrected chi connectivity index (χ0v) is 9.93. The van der Waals surface area contributed by atoms with Gasteiger partial charge in [-0.2, -0.15) is 5.10 Å². The van der Waals surface area contributed by atoms with E-state index in [4.69, 9.17) is 10.5 Å². The van der Waals surface area contributed by atoms with Crippen LogP contribution in [0.3, 0.4) is 0 Å². The molecule has 0 bridgehead atoms. The third-order valence-electron chi connectivity index (χ3n) is 3.23. The number of aryl methyl sites for hydroxylation is 1. The van der Waals surface area contributed by atoms with Gasteiger partial charge in [-0.15, -0.1) is 0 Å². The van der Waals surface area contributed by atoms with Gasteiger partial charge in [0.25, 0.3) is 0 Å². The van der Waals surface area contributed by atoms with Gasteiger partial charge in [0.2, 0.25) is 0 Å². The number of hydrogen-bond donors (Lipinski definition) is 1. The predicted octanol–water partition coefficient (Wildman–Crippen LogP) is 1.60. The molecule has 4 nitrogen and oxygen atoms in total. The highest BCUT2D eigenvalue weighted by atomic mass is 16.5. The highest BCUT2D eigenvalue weighted by Gasteiger charge is 2.20. The zero-order valence-electron chi connectivity index (χ0n) is 9.93. The third kappa shape index (κ3) is 3.06. The number of nitrogens with zero attached hydrogens (tertiary/aromatic N) is 2. The molecule has 1 aromatic heterocycles. The lowest BCUT2D eigenvalue weighted by Gasteiger charge is -2.21. The molecule has 0 aliphatic heterocycles. The Kier molecular flexibility index (Phi) is 3.96. The molecule has 0 radical (unpaired) electrons. The van der Waals surface area contributed by atoms with Crippen molar-refractivity contribution in [1.82, 2.24) is 9.78 Å². The largest absolute Gasteiger partial charge is 0.372 e. The zero-order chi connectivity index (χ0) is 11.4. The van der Waals surface area contributed by atoms with Crippen molar-refractivity contribution in [2.45, 2.75) is 50.9 Å². The second kappa shape index (κ2) is 5.46. The first-order chi connectivity index (χ1) is 7.75. The molecular weight excluding hydrogens is 202 g/mol. The van der Waals surface area contributed by atoms with Crippen LogP contribution in [0.25, 0.3) is 0 Å². The smallest absolute Gasteiger partial charge is 0.0752 e. The van der Waals surface area contributed by atoms with E-state index in [-0.39, 0.29) is 12.1 Å². The van der Waals surface area contributed by atoms with Gasteiger partial charge >= 0.3 is 0 Å². The van der Waals surface area contributed by atoms with Crippen molar-refractivity contribution in [3.63, 3.8) is 0 Å². The van der Waals surface area contributed by atoms with Crippen LogP contribution in [0, 0.1) is 0 Å². The molecule has 1 fully saturated rings.